The lowest BCUT2D eigenvalue weighted by molar-refractivity contribution is -0.122. The predicted octanol–water partition coefficient (Wildman–Crippen LogP) is 3.55. The first-order valence-corrected chi connectivity index (χ1v) is 10.9. The maximum Gasteiger partial charge on any atom is 0.293 e. The molecule has 0 bridgehead atoms. The minimum Gasteiger partial charge on any atom is -0.493 e. The average molecular weight is 463 g/mol. The molecule has 0 unspecified atom stereocenters. The number of carbonyl (C=O) groups excluding carboxylic acids is 3. The lowest BCUT2D eigenvalue weighted by Crippen LogP contribution is -2.37. The molecule has 2 aromatic rings. The van der Waals surface area contributed by atoms with Crippen LogP contribution in [-0.4, -0.2) is 56.4 Å². The third kappa shape index (κ3) is 5.02. The molecule has 1 aliphatic rings. The molecule has 164 valence electrons. The van der Waals surface area contributed by atoms with Gasteiger partial charge in [-0.15, -0.1) is 11.3 Å². The van der Waals surface area contributed by atoms with Crippen LogP contribution in [0.4, 0.5) is 4.79 Å². The molecule has 3 amide bonds. The number of thiophene rings is 1. The van der Waals surface area contributed by atoms with Crippen LogP contribution in [-0.2, 0) is 4.79 Å². The summed E-state index contributed by atoms with van der Waals surface area (Å²) in [4.78, 5) is 40.2. The molecule has 1 saturated heterocycles. The van der Waals surface area contributed by atoms with Crippen molar-refractivity contribution >= 4 is 46.2 Å². The van der Waals surface area contributed by atoms with Crippen LogP contribution in [0.5, 0.6) is 17.2 Å². The van der Waals surface area contributed by atoms with Crippen LogP contribution in [0.3, 0.4) is 0 Å². The minimum atomic E-state index is -0.412. The number of imide groups is 1. The first kappa shape index (κ1) is 22.7. The number of thioether (sulfide) groups is 1. The fraction of sp³-hybridized carbons (Fsp3) is 0.286. The van der Waals surface area contributed by atoms with E-state index in [1.54, 1.807) is 24.3 Å². The van der Waals surface area contributed by atoms with Crippen LogP contribution >= 0.6 is 23.1 Å². The van der Waals surface area contributed by atoms with E-state index in [0.29, 0.717) is 27.7 Å². The fourth-order valence-electron chi connectivity index (χ4n) is 2.95. The second-order valence-electron chi connectivity index (χ2n) is 6.46. The molecular weight excluding hydrogens is 440 g/mol. The molecule has 3 rings (SSSR count). The molecule has 1 aliphatic heterocycles. The second-order valence-corrected chi connectivity index (χ2v) is 8.74. The number of hydrogen-bond acceptors (Lipinski definition) is 8. The summed E-state index contributed by atoms with van der Waals surface area (Å²) in [5.74, 6) is 0.688. The lowest BCUT2D eigenvalue weighted by atomic mass is 10.1. The van der Waals surface area contributed by atoms with Gasteiger partial charge >= 0.3 is 0 Å². The summed E-state index contributed by atoms with van der Waals surface area (Å²) < 4.78 is 15.9. The Kier molecular flexibility index (Phi) is 7.24. The van der Waals surface area contributed by atoms with Crippen molar-refractivity contribution in [2.45, 2.75) is 6.92 Å². The van der Waals surface area contributed by atoms with Crippen molar-refractivity contribution in [2.75, 3.05) is 34.4 Å². The zero-order chi connectivity index (χ0) is 22.5. The van der Waals surface area contributed by atoms with E-state index in [0.717, 1.165) is 21.5 Å². The van der Waals surface area contributed by atoms with Gasteiger partial charge in [0.05, 0.1) is 31.1 Å². The molecular formula is C21H22N2O6S2. The highest BCUT2D eigenvalue weighted by molar-refractivity contribution is 8.18. The van der Waals surface area contributed by atoms with Crippen molar-refractivity contribution in [2.24, 2.45) is 0 Å². The van der Waals surface area contributed by atoms with E-state index >= 15 is 0 Å². The van der Waals surface area contributed by atoms with Gasteiger partial charge in [-0.1, -0.05) is 0 Å². The van der Waals surface area contributed by atoms with Crippen LogP contribution in [0, 0.1) is 6.92 Å². The van der Waals surface area contributed by atoms with Gasteiger partial charge in [0, 0.05) is 18.0 Å². The van der Waals surface area contributed by atoms with Crippen molar-refractivity contribution in [1.82, 2.24) is 10.2 Å². The molecule has 2 heterocycles. The molecule has 1 fully saturated rings. The molecule has 10 heteroatoms. The van der Waals surface area contributed by atoms with Gasteiger partial charge in [-0.2, -0.15) is 0 Å². The quantitative estimate of drug-likeness (QED) is 0.600. The summed E-state index contributed by atoms with van der Waals surface area (Å²) in [5.41, 5.74) is 0.626. The Bertz CT molecular complexity index is 1020. The van der Waals surface area contributed by atoms with Crippen LogP contribution in [0.2, 0.25) is 0 Å². The third-order valence-electron chi connectivity index (χ3n) is 4.44. The molecule has 0 atom stereocenters. The van der Waals surface area contributed by atoms with Crippen molar-refractivity contribution in [3.05, 3.63) is 44.5 Å². The maximum atomic E-state index is 12.7. The highest BCUT2D eigenvalue weighted by atomic mass is 32.2. The average Bonchev–Trinajstić information content (AvgIpc) is 3.31. The maximum absolute atomic E-state index is 12.7. The molecule has 0 radical (unpaired) electrons. The predicted molar refractivity (Wildman–Crippen MR) is 120 cm³/mol. The van der Waals surface area contributed by atoms with Gasteiger partial charge in [0.15, 0.2) is 11.5 Å². The summed E-state index contributed by atoms with van der Waals surface area (Å²) >= 11 is 2.23. The highest BCUT2D eigenvalue weighted by Crippen LogP contribution is 2.40. The highest BCUT2D eigenvalue weighted by Gasteiger charge is 2.34. The van der Waals surface area contributed by atoms with Crippen molar-refractivity contribution in [3.63, 3.8) is 0 Å². The summed E-state index contributed by atoms with van der Waals surface area (Å²) in [7, 11) is 4.51. The normalized spacial score (nSPS) is 14.8. The number of nitrogens with one attached hydrogen (secondary N) is 1. The van der Waals surface area contributed by atoms with Crippen molar-refractivity contribution < 1.29 is 28.6 Å². The van der Waals surface area contributed by atoms with Crippen LogP contribution < -0.4 is 19.5 Å². The number of carbonyl (C=O) groups is 3. The molecule has 1 aromatic carbocycles. The number of nitrogens with zero attached hydrogens (tertiary/aromatic N) is 1. The number of hydrogen-bond donors (Lipinski definition) is 1. The fourth-order valence-corrected chi connectivity index (χ4v) is 4.60. The van der Waals surface area contributed by atoms with Gasteiger partial charge < -0.3 is 19.5 Å². The third-order valence-corrected chi connectivity index (χ3v) is 6.35. The summed E-state index contributed by atoms with van der Waals surface area (Å²) in [5, 5.41) is 2.35. The van der Waals surface area contributed by atoms with E-state index in [4.69, 9.17) is 14.2 Å². The molecule has 8 nitrogen and oxygen atoms in total. The zero-order valence-corrected chi connectivity index (χ0v) is 19.1. The van der Waals surface area contributed by atoms with Gasteiger partial charge in [0.1, 0.15) is 0 Å². The number of benzene rings is 1. The summed E-state index contributed by atoms with van der Waals surface area (Å²) in [6.07, 6.45) is 1.60. The Morgan fingerprint density at radius 3 is 2.32 bits per heavy atom. The summed E-state index contributed by atoms with van der Waals surface area (Å²) in [6.45, 7) is 2.18. The van der Waals surface area contributed by atoms with Crippen molar-refractivity contribution in [3.8, 4) is 17.2 Å². The molecule has 0 spiro atoms. The van der Waals surface area contributed by atoms with Gasteiger partial charge in [-0.25, -0.2) is 0 Å². The smallest absolute Gasteiger partial charge is 0.293 e. The molecule has 1 N–H and O–H groups in total. The standard InChI is InChI=1S/C21H22N2O6S2/c1-12-5-6-16(30-12)19(24)22-7-8-23-20(25)17(31-21(23)26)11-13-9-14(27-2)18(29-4)15(10-13)28-3/h5-6,9-11H,7-8H2,1-4H3,(H,22,24)/b17-11-. The number of aryl methyl sites for hydroxylation is 1. The monoisotopic (exact) mass is 462 g/mol. The van der Waals surface area contributed by atoms with Gasteiger partial charge in [-0.3, -0.25) is 19.3 Å². The number of ether oxygens (including phenoxy) is 3. The van der Waals surface area contributed by atoms with E-state index in [2.05, 4.69) is 5.32 Å². The van der Waals surface area contributed by atoms with Gasteiger partial charge in [-0.05, 0) is 54.6 Å². The molecule has 0 saturated carbocycles. The summed E-state index contributed by atoms with van der Waals surface area (Å²) in [6, 6.07) is 7.00. The van der Waals surface area contributed by atoms with Gasteiger partial charge in [0.25, 0.3) is 17.1 Å². The lowest BCUT2D eigenvalue weighted by Gasteiger charge is -2.13. The van der Waals surface area contributed by atoms with Crippen molar-refractivity contribution in [1.29, 1.82) is 0 Å². The van der Waals surface area contributed by atoms with E-state index in [9.17, 15) is 14.4 Å². The van der Waals surface area contributed by atoms with E-state index in [1.165, 1.54) is 32.7 Å². The Balaban J connectivity index is 1.69. The zero-order valence-electron chi connectivity index (χ0n) is 17.5. The molecule has 0 aliphatic carbocycles. The number of methoxy groups -OCH3 is 3. The SMILES string of the molecule is COc1cc(/C=C2\SC(=O)N(CCNC(=O)c3ccc(C)s3)C2=O)cc(OC)c1OC. The van der Waals surface area contributed by atoms with E-state index < -0.39 is 5.91 Å². The number of amides is 3. The Morgan fingerprint density at radius 2 is 1.77 bits per heavy atom. The molecule has 1 aromatic heterocycles. The van der Waals surface area contributed by atoms with Gasteiger partial charge in [0.2, 0.25) is 5.75 Å². The topological polar surface area (TPSA) is 94.2 Å². The minimum absolute atomic E-state index is 0.0906. The largest absolute Gasteiger partial charge is 0.493 e. The first-order valence-electron chi connectivity index (χ1n) is 9.28. The Labute approximate surface area is 188 Å². The first-order chi connectivity index (χ1) is 14.9. The van der Waals surface area contributed by atoms with Crippen LogP contribution in [0.25, 0.3) is 6.08 Å². The second kappa shape index (κ2) is 9.88. The van der Waals surface area contributed by atoms with E-state index in [-0.39, 0.29) is 29.1 Å². The Hall–Kier alpha value is -2.98. The van der Waals surface area contributed by atoms with Crippen LogP contribution in [0.15, 0.2) is 29.2 Å². The Morgan fingerprint density at radius 1 is 1.10 bits per heavy atom. The van der Waals surface area contributed by atoms with Crippen LogP contribution in [0.1, 0.15) is 20.1 Å². The van der Waals surface area contributed by atoms with E-state index in [1.807, 2.05) is 13.0 Å². The number of rotatable bonds is 8. The molecule has 31 heavy (non-hydrogen) atoms.